The zero-order valence-corrected chi connectivity index (χ0v) is 11.4. The summed E-state index contributed by atoms with van der Waals surface area (Å²) < 4.78 is 0. The third-order valence-corrected chi connectivity index (χ3v) is 3.08. The summed E-state index contributed by atoms with van der Waals surface area (Å²) in [5, 5.41) is 3.31. The molecule has 0 radical (unpaired) electrons. The number of nitrogens with one attached hydrogen (secondary N) is 1. The molecule has 2 rings (SSSR count). The molecule has 0 fully saturated rings. The number of hydrogen-bond acceptors (Lipinski definition) is 2. The number of anilines is 1. The molecule has 0 aliphatic heterocycles. The van der Waals surface area contributed by atoms with Gasteiger partial charge in [0.2, 0.25) is 5.91 Å². The number of carbonyl (C=O) groups excluding carboxylic acids is 1. The Kier molecular flexibility index (Phi) is 4.53. The minimum Gasteiger partial charge on any atom is -0.311 e. The van der Waals surface area contributed by atoms with Crippen LogP contribution in [0.5, 0.6) is 0 Å². The Bertz CT molecular complexity index is 540. The Morgan fingerprint density at radius 1 is 1.26 bits per heavy atom. The standard InChI is InChI=1S/C15H15ClN2O/c1-11(12-5-3-2-4-6-12)9-15(19)18-14-8-7-13(16)10-17-14/h2-8,10-11H,9H2,1H3,(H,17,18,19). The van der Waals surface area contributed by atoms with E-state index in [1.54, 1.807) is 12.1 Å². The van der Waals surface area contributed by atoms with Crippen molar-refractivity contribution in [3.63, 3.8) is 0 Å². The summed E-state index contributed by atoms with van der Waals surface area (Å²) in [6, 6.07) is 13.4. The average Bonchev–Trinajstić information content (AvgIpc) is 2.42. The lowest BCUT2D eigenvalue weighted by atomic mass is 9.98. The molecule has 98 valence electrons. The number of aromatic nitrogens is 1. The molecule has 4 heteroatoms. The molecule has 1 unspecified atom stereocenters. The Balaban J connectivity index is 1.93. The van der Waals surface area contributed by atoms with Crippen LogP contribution in [0, 0.1) is 0 Å². The van der Waals surface area contributed by atoms with Gasteiger partial charge in [-0.2, -0.15) is 0 Å². The second kappa shape index (κ2) is 6.34. The van der Waals surface area contributed by atoms with Gasteiger partial charge < -0.3 is 5.32 Å². The van der Waals surface area contributed by atoms with Crippen LogP contribution in [0.2, 0.25) is 5.02 Å². The molecular weight excluding hydrogens is 260 g/mol. The van der Waals surface area contributed by atoms with Crippen molar-refractivity contribution in [2.24, 2.45) is 0 Å². The molecule has 1 N–H and O–H groups in total. The number of hydrogen-bond donors (Lipinski definition) is 1. The third-order valence-electron chi connectivity index (χ3n) is 2.86. The van der Waals surface area contributed by atoms with Crippen LogP contribution >= 0.6 is 11.6 Å². The first kappa shape index (κ1) is 13.6. The van der Waals surface area contributed by atoms with Crippen molar-refractivity contribution in [2.45, 2.75) is 19.3 Å². The Hall–Kier alpha value is -1.87. The molecule has 3 nitrogen and oxygen atoms in total. The Labute approximate surface area is 117 Å². The maximum Gasteiger partial charge on any atom is 0.226 e. The minimum absolute atomic E-state index is 0.0498. The number of amides is 1. The van der Waals surface area contributed by atoms with Crippen LogP contribution in [0.15, 0.2) is 48.7 Å². The molecule has 0 spiro atoms. The predicted molar refractivity (Wildman–Crippen MR) is 77.4 cm³/mol. The van der Waals surface area contributed by atoms with E-state index >= 15 is 0 Å². The van der Waals surface area contributed by atoms with Crippen molar-refractivity contribution in [1.82, 2.24) is 4.98 Å². The molecule has 0 saturated carbocycles. The van der Waals surface area contributed by atoms with Gasteiger partial charge in [0.05, 0.1) is 5.02 Å². The fourth-order valence-corrected chi connectivity index (χ4v) is 1.93. The van der Waals surface area contributed by atoms with E-state index in [9.17, 15) is 4.79 Å². The number of halogens is 1. The van der Waals surface area contributed by atoms with E-state index in [0.29, 0.717) is 17.3 Å². The van der Waals surface area contributed by atoms with Crippen molar-refractivity contribution >= 4 is 23.3 Å². The highest BCUT2D eigenvalue weighted by molar-refractivity contribution is 6.30. The highest BCUT2D eigenvalue weighted by Gasteiger charge is 2.11. The van der Waals surface area contributed by atoms with Gasteiger partial charge in [-0.3, -0.25) is 4.79 Å². The van der Waals surface area contributed by atoms with Gasteiger partial charge in [-0.15, -0.1) is 0 Å². The zero-order valence-electron chi connectivity index (χ0n) is 10.6. The van der Waals surface area contributed by atoms with E-state index in [2.05, 4.69) is 10.3 Å². The molecule has 0 aliphatic rings. The number of rotatable bonds is 4. The Morgan fingerprint density at radius 3 is 2.63 bits per heavy atom. The SMILES string of the molecule is CC(CC(=O)Nc1ccc(Cl)cn1)c1ccccc1. The summed E-state index contributed by atoms with van der Waals surface area (Å²) >= 11 is 5.74. The fraction of sp³-hybridized carbons (Fsp3) is 0.200. The third kappa shape index (κ3) is 4.07. The van der Waals surface area contributed by atoms with Crippen LogP contribution < -0.4 is 5.32 Å². The first-order chi connectivity index (χ1) is 9.15. The summed E-state index contributed by atoms with van der Waals surface area (Å²) in [5.74, 6) is 0.648. The van der Waals surface area contributed by atoms with Crippen molar-refractivity contribution < 1.29 is 4.79 Å². The quantitative estimate of drug-likeness (QED) is 0.920. The van der Waals surface area contributed by atoms with Gasteiger partial charge in [0.25, 0.3) is 0 Å². The van der Waals surface area contributed by atoms with Gasteiger partial charge in [-0.25, -0.2) is 4.98 Å². The minimum atomic E-state index is -0.0498. The summed E-state index contributed by atoms with van der Waals surface area (Å²) in [5.41, 5.74) is 1.15. The first-order valence-corrected chi connectivity index (χ1v) is 6.49. The normalized spacial score (nSPS) is 11.9. The van der Waals surface area contributed by atoms with Crippen LogP contribution in [-0.2, 0) is 4.79 Å². The first-order valence-electron chi connectivity index (χ1n) is 6.11. The van der Waals surface area contributed by atoms with Crippen LogP contribution in [0.1, 0.15) is 24.8 Å². The molecule has 0 bridgehead atoms. The molecule has 1 amide bonds. The zero-order chi connectivity index (χ0) is 13.7. The topological polar surface area (TPSA) is 42.0 Å². The van der Waals surface area contributed by atoms with Crippen LogP contribution in [0.3, 0.4) is 0 Å². The van der Waals surface area contributed by atoms with Gasteiger partial charge in [0.15, 0.2) is 0 Å². The predicted octanol–water partition coefficient (Wildman–Crippen LogP) is 3.87. The number of carbonyl (C=O) groups is 1. The maximum atomic E-state index is 11.9. The summed E-state index contributed by atoms with van der Waals surface area (Å²) in [4.78, 5) is 15.9. The lowest BCUT2D eigenvalue weighted by molar-refractivity contribution is -0.116. The molecule has 1 atom stereocenters. The second-order valence-corrected chi connectivity index (χ2v) is 4.86. The van der Waals surface area contributed by atoms with Gasteiger partial charge in [-0.1, -0.05) is 48.9 Å². The monoisotopic (exact) mass is 274 g/mol. The molecule has 0 aliphatic carbocycles. The molecule has 1 heterocycles. The highest BCUT2D eigenvalue weighted by atomic mass is 35.5. The Morgan fingerprint density at radius 2 is 2.00 bits per heavy atom. The smallest absolute Gasteiger partial charge is 0.226 e. The molecule has 0 saturated heterocycles. The van der Waals surface area contributed by atoms with Crippen molar-refractivity contribution in [3.05, 3.63) is 59.2 Å². The number of nitrogens with zero attached hydrogens (tertiary/aromatic N) is 1. The van der Waals surface area contributed by atoms with E-state index < -0.39 is 0 Å². The highest BCUT2D eigenvalue weighted by Crippen LogP contribution is 2.19. The summed E-state index contributed by atoms with van der Waals surface area (Å²) in [6.07, 6.45) is 1.94. The largest absolute Gasteiger partial charge is 0.311 e. The lowest BCUT2D eigenvalue weighted by Gasteiger charge is -2.11. The van der Waals surface area contributed by atoms with Crippen molar-refractivity contribution in [1.29, 1.82) is 0 Å². The maximum absolute atomic E-state index is 11.9. The molecule has 2 aromatic rings. The molecule has 1 aromatic heterocycles. The van der Waals surface area contributed by atoms with Crippen molar-refractivity contribution in [2.75, 3.05) is 5.32 Å². The van der Waals surface area contributed by atoms with Gasteiger partial charge in [-0.05, 0) is 23.6 Å². The van der Waals surface area contributed by atoms with Crippen LogP contribution in [0.25, 0.3) is 0 Å². The summed E-state index contributed by atoms with van der Waals surface area (Å²) in [6.45, 7) is 2.03. The van der Waals surface area contributed by atoms with Gasteiger partial charge >= 0.3 is 0 Å². The second-order valence-electron chi connectivity index (χ2n) is 4.43. The van der Waals surface area contributed by atoms with Crippen molar-refractivity contribution in [3.8, 4) is 0 Å². The lowest BCUT2D eigenvalue weighted by Crippen LogP contribution is -2.15. The van der Waals surface area contributed by atoms with Crippen LogP contribution in [0.4, 0.5) is 5.82 Å². The van der Waals surface area contributed by atoms with E-state index in [1.165, 1.54) is 6.20 Å². The molecule has 1 aromatic carbocycles. The van der Waals surface area contributed by atoms with Crippen LogP contribution in [-0.4, -0.2) is 10.9 Å². The number of benzene rings is 1. The van der Waals surface area contributed by atoms with E-state index in [1.807, 2.05) is 37.3 Å². The van der Waals surface area contributed by atoms with E-state index in [4.69, 9.17) is 11.6 Å². The van der Waals surface area contributed by atoms with E-state index in [0.717, 1.165) is 5.56 Å². The summed E-state index contributed by atoms with van der Waals surface area (Å²) in [7, 11) is 0. The molecule has 19 heavy (non-hydrogen) atoms. The van der Waals surface area contributed by atoms with E-state index in [-0.39, 0.29) is 11.8 Å². The number of pyridine rings is 1. The average molecular weight is 275 g/mol. The van der Waals surface area contributed by atoms with Gasteiger partial charge in [0, 0.05) is 12.6 Å². The molecular formula is C15H15ClN2O. The fourth-order valence-electron chi connectivity index (χ4n) is 1.82. The van der Waals surface area contributed by atoms with Gasteiger partial charge in [0.1, 0.15) is 5.82 Å².